The molecule has 1 aromatic heterocycles. The Kier molecular flexibility index (Phi) is 4.19. The van der Waals surface area contributed by atoms with Crippen LogP contribution in [0.1, 0.15) is 17.2 Å². The number of nitrogens with two attached hydrogens (primary N) is 1. The van der Waals surface area contributed by atoms with Gasteiger partial charge < -0.3 is 5.73 Å². The maximum absolute atomic E-state index is 6.16. The van der Waals surface area contributed by atoms with E-state index in [0.29, 0.717) is 0 Å². The number of thiophene rings is 1. The first-order valence-corrected chi connectivity index (χ1v) is 7.35. The summed E-state index contributed by atoms with van der Waals surface area (Å²) >= 11 is 8.59. The maximum Gasteiger partial charge on any atom is 0.0701 e. The van der Waals surface area contributed by atoms with Crippen LogP contribution in [0.2, 0.25) is 0 Å². The summed E-state index contributed by atoms with van der Waals surface area (Å²) in [4.78, 5) is 0. The van der Waals surface area contributed by atoms with Crippen molar-refractivity contribution in [3.05, 3.63) is 55.1 Å². The second kappa shape index (κ2) is 5.45. The van der Waals surface area contributed by atoms with Crippen molar-refractivity contribution in [2.45, 2.75) is 12.5 Å². The quantitative estimate of drug-likeness (QED) is 0.855. The molecule has 0 spiro atoms. The van der Waals surface area contributed by atoms with Gasteiger partial charge in [-0.3, -0.25) is 0 Å². The first-order chi connectivity index (χ1) is 7.65. The van der Waals surface area contributed by atoms with Crippen LogP contribution in [-0.2, 0) is 6.42 Å². The molecule has 0 saturated heterocycles. The van der Waals surface area contributed by atoms with E-state index in [-0.39, 0.29) is 6.04 Å². The van der Waals surface area contributed by atoms with Crippen LogP contribution in [0.15, 0.2) is 44.0 Å². The van der Waals surface area contributed by atoms with Crippen LogP contribution in [0.3, 0.4) is 0 Å². The summed E-state index contributed by atoms with van der Waals surface area (Å²) in [5.74, 6) is 0. The van der Waals surface area contributed by atoms with Gasteiger partial charge in [-0.2, -0.15) is 0 Å². The summed E-state index contributed by atoms with van der Waals surface area (Å²) in [7, 11) is 0. The predicted octanol–water partition coefficient (Wildman–Crippen LogP) is 4.52. The average Bonchev–Trinajstić information content (AvgIpc) is 2.65. The average molecular weight is 361 g/mol. The molecule has 1 nitrogen and oxygen atoms in total. The molecule has 4 heteroatoms. The molecule has 16 heavy (non-hydrogen) atoms. The lowest BCUT2D eigenvalue weighted by Gasteiger charge is -2.10. The van der Waals surface area contributed by atoms with E-state index in [1.54, 1.807) is 11.3 Å². The molecule has 0 bridgehead atoms. The van der Waals surface area contributed by atoms with Crippen LogP contribution in [-0.4, -0.2) is 0 Å². The monoisotopic (exact) mass is 359 g/mol. The molecule has 84 valence electrons. The van der Waals surface area contributed by atoms with Gasteiger partial charge in [-0.25, -0.2) is 0 Å². The lowest BCUT2D eigenvalue weighted by Crippen LogP contribution is -2.12. The summed E-state index contributed by atoms with van der Waals surface area (Å²) in [6, 6.07) is 10.4. The molecule has 0 radical (unpaired) electrons. The molecule has 2 rings (SSSR count). The molecule has 0 amide bonds. The number of hydrogen-bond acceptors (Lipinski definition) is 2. The van der Waals surface area contributed by atoms with E-state index in [0.717, 1.165) is 14.7 Å². The molecule has 0 saturated carbocycles. The third kappa shape index (κ3) is 3.17. The fourth-order valence-electron chi connectivity index (χ4n) is 1.55. The molecule has 0 aliphatic rings. The molecular formula is C12H11Br2NS. The van der Waals surface area contributed by atoms with Crippen molar-refractivity contribution in [2.75, 3.05) is 0 Å². The van der Waals surface area contributed by atoms with E-state index in [4.69, 9.17) is 5.73 Å². The third-order valence-electron chi connectivity index (χ3n) is 2.36. The summed E-state index contributed by atoms with van der Waals surface area (Å²) in [6.45, 7) is 0. The van der Waals surface area contributed by atoms with Gasteiger partial charge >= 0.3 is 0 Å². The van der Waals surface area contributed by atoms with Crippen molar-refractivity contribution in [1.29, 1.82) is 0 Å². The van der Waals surface area contributed by atoms with E-state index in [1.807, 2.05) is 12.1 Å². The van der Waals surface area contributed by atoms with Gasteiger partial charge in [-0.15, -0.1) is 11.3 Å². The number of benzene rings is 1. The van der Waals surface area contributed by atoms with Crippen molar-refractivity contribution >= 4 is 43.2 Å². The van der Waals surface area contributed by atoms with E-state index < -0.39 is 0 Å². The minimum Gasteiger partial charge on any atom is -0.324 e. The lowest BCUT2D eigenvalue weighted by atomic mass is 10.0. The molecule has 2 N–H and O–H groups in total. The van der Waals surface area contributed by atoms with Crippen molar-refractivity contribution < 1.29 is 0 Å². The van der Waals surface area contributed by atoms with Gasteiger partial charge in [0.05, 0.1) is 3.79 Å². The zero-order chi connectivity index (χ0) is 11.5. The van der Waals surface area contributed by atoms with Crippen molar-refractivity contribution in [3.63, 3.8) is 0 Å². The smallest absolute Gasteiger partial charge is 0.0701 e. The summed E-state index contributed by atoms with van der Waals surface area (Å²) in [6.07, 6.45) is 0.864. The Morgan fingerprint density at radius 2 is 2.06 bits per heavy atom. The fourth-order valence-corrected chi connectivity index (χ4v) is 3.24. The van der Waals surface area contributed by atoms with E-state index in [1.165, 1.54) is 11.1 Å². The van der Waals surface area contributed by atoms with Gasteiger partial charge in [-0.1, -0.05) is 28.1 Å². The summed E-state index contributed by atoms with van der Waals surface area (Å²) in [5, 5.41) is 2.10. The molecule has 2 aromatic rings. The van der Waals surface area contributed by atoms with E-state index >= 15 is 0 Å². The Balaban J connectivity index is 2.10. The zero-order valence-corrected chi connectivity index (χ0v) is 12.5. The van der Waals surface area contributed by atoms with Gasteiger partial charge in [0.1, 0.15) is 0 Å². The highest BCUT2D eigenvalue weighted by Crippen LogP contribution is 2.26. The Labute approximate surface area is 116 Å². The van der Waals surface area contributed by atoms with E-state index in [9.17, 15) is 0 Å². The molecule has 1 atom stereocenters. The van der Waals surface area contributed by atoms with Gasteiger partial charge in [0.15, 0.2) is 0 Å². The number of halogens is 2. The van der Waals surface area contributed by atoms with Crippen LogP contribution in [0, 0.1) is 0 Å². The molecule has 0 aliphatic heterocycles. The Morgan fingerprint density at radius 1 is 1.25 bits per heavy atom. The molecule has 0 aliphatic carbocycles. The topological polar surface area (TPSA) is 26.0 Å². The molecule has 0 fully saturated rings. The standard InChI is InChI=1S/C12H11Br2NS/c13-10-3-1-2-8(4-10)5-11(15)9-6-12(14)16-7-9/h1-4,6-7,11H,5,15H2. The predicted molar refractivity (Wildman–Crippen MR) is 76.8 cm³/mol. The Bertz CT molecular complexity index is 481. The van der Waals surface area contributed by atoms with Crippen LogP contribution >= 0.6 is 43.2 Å². The van der Waals surface area contributed by atoms with Crippen LogP contribution < -0.4 is 5.73 Å². The molecular weight excluding hydrogens is 350 g/mol. The number of rotatable bonds is 3. The van der Waals surface area contributed by atoms with Gasteiger partial charge in [0.2, 0.25) is 0 Å². The van der Waals surface area contributed by atoms with Crippen molar-refractivity contribution in [1.82, 2.24) is 0 Å². The second-order valence-corrected chi connectivity index (χ2v) is 6.83. The van der Waals surface area contributed by atoms with E-state index in [2.05, 4.69) is 55.4 Å². The lowest BCUT2D eigenvalue weighted by molar-refractivity contribution is 0.724. The summed E-state index contributed by atoms with van der Waals surface area (Å²) in [5.41, 5.74) is 8.61. The van der Waals surface area contributed by atoms with Crippen LogP contribution in [0.5, 0.6) is 0 Å². The van der Waals surface area contributed by atoms with Crippen LogP contribution in [0.25, 0.3) is 0 Å². The fraction of sp³-hybridized carbons (Fsp3) is 0.167. The largest absolute Gasteiger partial charge is 0.324 e. The van der Waals surface area contributed by atoms with Gasteiger partial charge in [0, 0.05) is 10.5 Å². The first kappa shape index (κ1) is 12.3. The minimum absolute atomic E-state index is 0.0665. The third-order valence-corrected chi connectivity index (χ3v) is 4.38. The Morgan fingerprint density at radius 3 is 2.69 bits per heavy atom. The van der Waals surface area contributed by atoms with Crippen molar-refractivity contribution in [3.8, 4) is 0 Å². The normalized spacial score (nSPS) is 12.7. The van der Waals surface area contributed by atoms with Crippen LogP contribution in [0.4, 0.5) is 0 Å². The molecule has 1 aromatic carbocycles. The van der Waals surface area contributed by atoms with Gasteiger partial charge in [0.25, 0.3) is 0 Å². The molecule has 1 unspecified atom stereocenters. The maximum atomic E-state index is 6.16. The summed E-state index contributed by atoms with van der Waals surface area (Å²) < 4.78 is 2.23. The molecule has 1 heterocycles. The first-order valence-electron chi connectivity index (χ1n) is 4.89. The van der Waals surface area contributed by atoms with Crippen molar-refractivity contribution in [2.24, 2.45) is 5.73 Å². The highest BCUT2D eigenvalue weighted by atomic mass is 79.9. The van der Waals surface area contributed by atoms with Gasteiger partial charge in [-0.05, 0) is 57.1 Å². The minimum atomic E-state index is 0.0665. The highest BCUT2D eigenvalue weighted by Gasteiger charge is 2.09. The number of hydrogen-bond donors (Lipinski definition) is 1. The second-order valence-electron chi connectivity index (χ2n) is 3.62. The zero-order valence-electron chi connectivity index (χ0n) is 8.49. The Hall–Kier alpha value is -0.160. The highest BCUT2D eigenvalue weighted by molar-refractivity contribution is 9.11. The SMILES string of the molecule is NC(Cc1cccc(Br)c1)c1csc(Br)c1.